The van der Waals surface area contributed by atoms with Gasteiger partial charge in [0, 0.05) is 7.05 Å². The number of benzene rings is 2. The number of hydrogen-bond acceptors (Lipinski definition) is 4. The molecule has 9 heteroatoms. The summed E-state index contributed by atoms with van der Waals surface area (Å²) in [5.41, 5.74) is -0.914. The van der Waals surface area contributed by atoms with Gasteiger partial charge < -0.3 is 15.0 Å². The minimum Gasteiger partial charge on any atom is -0.484 e. The van der Waals surface area contributed by atoms with Crippen molar-refractivity contribution in [3.63, 3.8) is 0 Å². The summed E-state index contributed by atoms with van der Waals surface area (Å²) in [6, 6.07) is 12.6. The van der Waals surface area contributed by atoms with Crippen LogP contribution < -0.4 is 10.1 Å². The quantitative estimate of drug-likeness (QED) is 0.821. The normalized spacial score (nSPS) is 10.7. The van der Waals surface area contributed by atoms with Crippen LogP contribution in [0.5, 0.6) is 5.75 Å². The van der Waals surface area contributed by atoms with Crippen LogP contribution in [0.25, 0.3) is 0 Å². The number of carbonyl (C=O) groups is 2. The summed E-state index contributed by atoms with van der Waals surface area (Å²) < 4.78 is 44.1. The van der Waals surface area contributed by atoms with Crippen LogP contribution in [-0.4, -0.2) is 36.9 Å². The molecule has 28 heavy (non-hydrogen) atoms. The van der Waals surface area contributed by atoms with E-state index in [4.69, 9.17) is 10.00 Å². The summed E-state index contributed by atoms with van der Waals surface area (Å²) in [5.74, 6) is -0.946. The van der Waals surface area contributed by atoms with E-state index in [0.717, 1.165) is 17.0 Å². The van der Waals surface area contributed by atoms with Crippen LogP contribution >= 0.6 is 0 Å². The summed E-state index contributed by atoms with van der Waals surface area (Å²) >= 11 is 0. The van der Waals surface area contributed by atoms with Crippen molar-refractivity contribution in [1.29, 1.82) is 5.26 Å². The number of para-hydroxylation sites is 1. The van der Waals surface area contributed by atoms with Gasteiger partial charge in [0.05, 0.1) is 29.4 Å². The molecule has 0 fully saturated rings. The fourth-order valence-corrected chi connectivity index (χ4v) is 2.21. The molecular weight excluding hydrogens is 375 g/mol. The van der Waals surface area contributed by atoms with Crippen molar-refractivity contribution >= 4 is 17.5 Å². The molecule has 1 N–H and O–H groups in total. The molecule has 6 nitrogen and oxygen atoms in total. The zero-order valence-electron chi connectivity index (χ0n) is 14.8. The van der Waals surface area contributed by atoms with Gasteiger partial charge in [0.1, 0.15) is 5.75 Å². The molecule has 0 aliphatic heterocycles. The van der Waals surface area contributed by atoms with Gasteiger partial charge in [-0.15, -0.1) is 0 Å². The van der Waals surface area contributed by atoms with E-state index >= 15 is 0 Å². The number of carbonyl (C=O) groups excluding carboxylic acids is 2. The van der Waals surface area contributed by atoms with Gasteiger partial charge in [0.2, 0.25) is 5.91 Å². The van der Waals surface area contributed by atoms with Gasteiger partial charge in [-0.25, -0.2) is 0 Å². The van der Waals surface area contributed by atoms with Crippen LogP contribution in [0.15, 0.2) is 48.5 Å². The molecule has 0 unspecified atom stereocenters. The summed E-state index contributed by atoms with van der Waals surface area (Å²) in [6.07, 6.45) is -4.61. The topological polar surface area (TPSA) is 82.4 Å². The van der Waals surface area contributed by atoms with E-state index in [9.17, 15) is 22.8 Å². The van der Waals surface area contributed by atoms with E-state index in [1.165, 1.54) is 43.4 Å². The molecule has 2 rings (SSSR count). The molecule has 146 valence electrons. The Kier molecular flexibility index (Phi) is 6.60. The van der Waals surface area contributed by atoms with Gasteiger partial charge in [-0.2, -0.15) is 18.4 Å². The second kappa shape index (κ2) is 8.90. The third-order valence-electron chi connectivity index (χ3n) is 3.66. The van der Waals surface area contributed by atoms with Crippen molar-refractivity contribution < 1.29 is 27.5 Å². The first-order valence-corrected chi connectivity index (χ1v) is 8.03. The number of ether oxygens (including phenoxy) is 1. The number of halogens is 3. The lowest BCUT2D eigenvalue weighted by molar-refractivity contribution is -0.137. The third kappa shape index (κ3) is 5.74. The zero-order valence-corrected chi connectivity index (χ0v) is 14.8. The largest absolute Gasteiger partial charge is 0.484 e. The molecule has 0 radical (unpaired) electrons. The summed E-state index contributed by atoms with van der Waals surface area (Å²) in [5, 5.41) is 10.9. The maximum absolute atomic E-state index is 12.9. The molecule has 0 heterocycles. The highest BCUT2D eigenvalue weighted by Gasteiger charge is 2.33. The van der Waals surface area contributed by atoms with Gasteiger partial charge in [-0.05, 0) is 36.4 Å². The smallest absolute Gasteiger partial charge is 0.418 e. The Morgan fingerprint density at radius 3 is 2.39 bits per heavy atom. The van der Waals surface area contributed by atoms with Crippen LogP contribution in [0, 0.1) is 11.3 Å². The van der Waals surface area contributed by atoms with Crippen LogP contribution in [0.1, 0.15) is 11.1 Å². The summed E-state index contributed by atoms with van der Waals surface area (Å²) in [7, 11) is 1.33. The number of nitrogens with one attached hydrogen (secondary N) is 1. The van der Waals surface area contributed by atoms with E-state index in [-0.39, 0.29) is 12.3 Å². The molecule has 0 spiro atoms. The Bertz CT molecular complexity index is 890. The average molecular weight is 391 g/mol. The van der Waals surface area contributed by atoms with Crippen molar-refractivity contribution in [2.75, 3.05) is 25.5 Å². The molecule has 2 aromatic rings. The van der Waals surface area contributed by atoms with Crippen LogP contribution in [-0.2, 0) is 15.8 Å². The van der Waals surface area contributed by atoms with Gasteiger partial charge in [0.15, 0.2) is 6.61 Å². The Labute approximate surface area is 159 Å². The van der Waals surface area contributed by atoms with Crippen molar-refractivity contribution in [2.45, 2.75) is 6.18 Å². The lowest BCUT2D eigenvalue weighted by Gasteiger charge is -2.18. The Hall–Kier alpha value is -3.54. The Morgan fingerprint density at radius 1 is 1.14 bits per heavy atom. The van der Waals surface area contributed by atoms with E-state index in [2.05, 4.69) is 5.32 Å². The molecule has 0 saturated carbocycles. The van der Waals surface area contributed by atoms with Crippen LogP contribution in [0.2, 0.25) is 0 Å². The molecular formula is C19H16F3N3O3. The molecule has 2 aromatic carbocycles. The molecule has 0 aromatic heterocycles. The fraction of sp³-hybridized carbons (Fsp3) is 0.211. The molecule has 0 atom stereocenters. The van der Waals surface area contributed by atoms with Crippen LogP contribution in [0.4, 0.5) is 18.9 Å². The first kappa shape index (κ1) is 20.8. The Balaban J connectivity index is 1.89. The molecule has 0 bridgehead atoms. The second-order valence-electron chi connectivity index (χ2n) is 5.77. The lowest BCUT2D eigenvalue weighted by atomic mass is 10.1. The van der Waals surface area contributed by atoms with Crippen molar-refractivity contribution in [1.82, 2.24) is 4.90 Å². The Morgan fingerprint density at radius 2 is 1.79 bits per heavy atom. The maximum Gasteiger partial charge on any atom is 0.418 e. The number of hydrogen-bond donors (Lipinski definition) is 1. The van der Waals surface area contributed by atoms with E-state index in [0.29, 0.717) is 11.3 Å². The van der Waals surface area contributed by atoms with Crippen molar-refractivity contribution in [3.8, 4) is 11.8 Å². The number of rotatable bonds is 6. The zero-order chi connectivity index (χ0) is 20.7. The number of likely N-dealkylation sites (N-methyl/N-ethyl adjacent to an activating group) is 1. The highest BCUT2D eigenvalue weighted by atomic mass is 19.4. The first-order chi connectivity index (χ1) is 13.2. The molecule has 0 saturated heterocycles. The standard InChI is InChI=1S/C19H16F3N3O3/c1-25(18(27)12-28-14-8-6-13(10-23)7-9-14)11-17(26)24-16-5-3-2-4-15(16)19(20,21)22/h2-9H,11-12H2,1H3,(H,24,26). The minimum absolute atomic E-state index is 0.365. The van der Waals surface area contributed by atoms with Crippen molar-refractivity contribution in [2.24, 2.45) is 0 Å². The first-order valence-electron chi connectivity index (χ1n) is 8.03. The predicted octanol–water partition coefficient (Wildman–Crippen LogP) is 3.05. The molecule has 0 aliphatic rings. The third-order valence-corrected chi connectivity index (χ3v) is 3.66. The second-order valence-corrected chi connectivity index (χ2v) is 5.77. The molecule has 2 amide bonds. The summed E-state index contributed by atoms with van der Waals surface area (Å²) in [4.78, 5) is 25.1. The van der Waals surface area contributed by atoms with Gasteiger partial charge in [0.25, 0.3) is 5.91 Å². The monoisotopic (exact) mass is 391 g/mol. The molecule has 0 aliphatic carbocycles. The van der Waals surface area contributed by atoms with Crippen molar-refractivity contribution in [3.05, 3.63) is 59.7 Å². The van der Waals surface area contributed by atoms with Gasteiger partial charge >= 0.3 is 6.18 Å². The number of anilines is 1. The average Bonchev–Trinajstić information content (AvgIpc) is 2.65. The number of alkyl halides is 3. The number of nitrogens with zero attached hydrogens (tertiary/aromatic N) is 2. The maximum atomic E-state index is 12.9. The lowest BCUT2D eigenvalue weighted by Crippen LogP contribution is -2.37. The number of amides is 2. The fourth-order valence-electron chi connectivity index (χ4n) is 2.21. The predicted molar refractivity (Wildman–Crippen MR) is 94.4 cm³/mol. The minimum atomic E-state index is -4.61. The van der Waals surface area contributed by atoms with E-state index < -0.39 is 30.1 Å². The summed E-state index contributed by atoms with van der Waals surface area (Å²) in [6.45, 7) is -0.809. The van der Waals surface area contributed by atoms with E-state index in [1.807, 2.05) is 6.07 Å². The van der Waals surface area contributed by atoms with Crippen LogP contribution in [0.3, 0.4) is 0 Å². The highest BCUT2D eigenvalue weighted by molar-refractivity contribution is 5.95. The SMILES string of the molecule is CN(CC(=O)Nc1ccccc1C(F)(F)F)C(=O)COc1ccc(C#N)cc1. The number of nitriles is 1. The van der Waals surface area contributed by atoms with Gasteiger partial charge in [-0.3, -0.25) is 9.59 Å². The van der Waals surface area contributed by atoms with Gasteiger partial charge in [-0.1, -0.05) is 12.1 Å². The van der Waals surface area contributed by atoms with E-state index in [1.54, 1.807) is 0 Å². The highest BCUT2D eigenvalue weighted by Crippen LogP contribution is 2.34.